The van der Waals surface area contributed by atoms with Crippen molar-refractivity contribution in [2.75, 3.05) is 13.2 Å². The van der Waals surface area contributed by atoms with Crippen molar-refractivity contribution in [3.05, 3.63) is 11.6 Å². The molecule has 0 spiro atoms. The van der Waals surface area contributed by atoms with Crippen LogP contribution in [0, 0.1) is 0 Å². The zero-order valence-corrected chi connectivity index (χ0v) is 14.1. The van der Waals surface area contributed by atoms with E-state index in [0.717, 1.165) is 18.4 Å². The molecule has 0 unspecified atom stereocenters. The number of amides is 1. The van der Waals surface area contributed by atoms with Crippen molar-refractivity contribution in [1.82, 2.24) is 5.32 Å². The highest BCUT2D eigenvalue weighted by atomic mass is 17.2. The number of carbonyl (C=O) groups excluding carboxylic acids is 1. The van der Waals surface area contributed by atoms with Crippen LogP contribution in [0.2, 0.25) is 0 Å². The number of ether oxygens (including phenoxy) is 1. The Balaban J connectivity index is 2.81. The normalized spacial score (nSPS) is 25.2. The average Bonchev–Trinajstić information content (AvgIpc) is 2.48. The number of hydrogen-bond acceptors (Lipinski definition) is 5. The van der Waals surface area contributed by atoms with Crippen molar-refractivity contribution >= 4 is 5.91 Å². The van der Waals surface area contributed by atoms with E-state index >= 15 is 0 Å². The van der Waals surface area contributed by atoms with Crippen LogP contribution < -0.4 is 11.1 Å². The summed E-state index contributed by atoms with van der Waals surface area (Å²) in [4.78, 5) is 21.5. The molecule has 3 N–H and O–H groups in total. The summed E-state index contributed by atoms with van der Waals surface area (Å²) < 4.78 is 6.14. The molecular formula is C16H30N2O4. The second-order valence-corrected chi connectivity index (χ2v) is 5.63. The van der Waals surface area contributed by atoms with Crippen LogP contribution in [0.4, 0.5) is 0 Å². The second-order valence-electron chi connectivity index (χ2n) is 5.63. The first kappa shape index (κ1) is 19.1. The lowest BCUT2D eigenvalue weighted by atomic mass is 9.88. The van der Waals surface area contributed by atoms with E-state index in [1.807, 2.05) is 13.0 Å². The molecule has 0 aliphatic heterocycles. The Kier molecular flexibility index (Phi) is 8.63. The summed E-state index contributed by atoms with van der Waals surface area (Å²) in [6.07, 6.45) is 4.43. The van der Waals surface area contributed by atoms with E-state index in [9.17, 15) is 4.79 Å². The Morgan fingerprint density at radius 3 is 2.59 bits per heavy atom. The van der Waals surface area contributed by atoms with Crippen LogP contribution in [0.25, 0.3) is 0 Å². The SMILES string of the molecule is CCOOCC1=C[C@@H](OC(CC)CC)[C@H](NC(C)=O)[C@@H](N)C1. The Morgan fingerprint density at radius 1 is 1.36 bits per heavy atom. The first-order valence-corrected chi connectivity index (χ1v) is 8.13. The van der Waals surface area contributed by atoms with Crippen LogP contribution in [-0.2, 0) is 19.3 Å². The predicted octanol–water partition coefficient (Wildman–Crippen LogP) is 1.69. The maximum Gasteiger partial charge on any atom is 0.217 e. The van der Waals surface area contributed by atoms with Gasteiger partial charge in [0.25, 0.3) is 0 Å². The summed E-state index contributed by atoms with van der Waals surface area (Å²) >= 11 is 0. The number of carbonyl (C=O) groups is 1. The third-order valence-electron chi connectivity index (χ3n) is 3.79. The van der Waals surface area contributed by atoms with Gasteiger partial charge in [-0.05, 0) is 31.8 Å². The third-order valence-corrected chi connectivity index (χ3v) is 3.79. The first-order chi connectivity index (χ1) is 10.5. The molecule has 0 fully saturated rings. The summed E-state index contributed by atoms with van der Waals surface area (Å²) in [6.45, 7) is 8.42. The second kappa shape index (κ2) is 9.94. The highest BCUT2D eigenvalue weighted by molar-refractivity contribution is 5.73. The van der Waals surface area contributed by atoms with Crippen molar-refractivity contribution in [2.24, 2.45) is 5.73 Å². The van der Waals surface area contributed by atoms with Crippen molar-refractivity contribution in [3.8, 4) is 0 Å². The molecule has 0 radical (unpaired) electrons. The van der Waals surface area contributed by atoms with E-state index in [1.54, 1.807) is 0 Å². The minimum absolute atomic E-state index is 0.0963. The quantitative estimate of drug-likeness (QED) is 0.293. The van der Waals surface area contributed by atoms with Crippen molar-refractivity contribution in [2.45, 2.75) is 71.2 Å². The molecule has 22 heavy (non-hydrogen) atoms. The van der Waals surface area contributed by atoms with Gasteiger partial charge >= 0.3 is 0 Å². The molecule has 6 nitrogen and oxygen atoms in total. The van der Waals surface area contributed by atoms with E-state index in [1.165, 1.54) is 6.92 Å². The van der Waals surface area contributed by atoms with E-state index in [2.05, 4.69) is 19.2 Å². The smallest absolute Gasteiger partial charge is 0.217 e. The molecule has 6 heteroatoms. The number of rotatable bonds is 9. The van der Waals surface area contributed by atoms with Gasteiger partial charge in [0, 0.05) is 13.0 Å². The van der Waals surface area contributed by atoms with Gasteiger partial charge in [-0.15, -0.1) is 0 Å². The third kappa shape index (κ3) is 6.04. The molecule has 0 saturated heterocycles. The standard InChI is InChI=1S/C16H30N2O4/c1-5-13(6-2)22-15-9-12(10-21-20-7-3)8-14(17)16(15)18-11(4)19/h9,13-16H,5-8,10,17H2,1-4H3,(H,18,19)/t14-,15+,16+/m0/s1. The molecule has 0 aromatic rings. The first-order valence-electron chi connectivity index (χ1n) is 8.13. The van der Waals surface area contributed by atoms with E-state index < -0.39 is 0 Å². The monoisotopic (exact) mass is 314 g/mol. The lowest BCUT2D eigenvalue weighted by Crippen LogP contribution is -2.56. The van der Waals surface area contributed by atoms with Gasteiger partial charge in [0.15, 0.2) is 0 Å². The summed E-state index contributed by atoms with van der Waals surface area (Å²) in [5, 5.41) is 2.92. The van der Waals surface area contributed by atoms with Crippen molar-refractivity contribution in [3.63, 3.8) is 0 Å². The van der Waals surface area contributed by atoms with Crippen LogP contribution in [0.15, 0.2) is 11.6 Å². The van der Waals surface area contributed by atoms with Gasteiger partial charge in [-0.25, -0.2) is 9.78 Å². The van der Waals surface area contributed by atoms with Gasteiger partial charge in [-0.1, -0.05) is 19.9 Å². The molecule has 0 aromatic carbocycles. The maximum atomic E-state index is 11.4. The molecule has 1 rings (SSSR count). The van der Waals surface area contributed by atoms with Crippen LogP contribution >= 0.6 is 0 Å². The molecule has 0 bridgehead atoms. The maximum absolute atomic E-state index is 11.4. The van der Waals surface area contributed by atoms with Gasteiger partial charge in [-0.2, -0.15) is 0 Å². The molecule has 0 heterocycles. The minimum atomic E-state index is -0.238. The minimum Gasteiger partial charge on any atom is -0.369 e. The fourth-order valence-electron chi connectivity index (χ4n) is 2.64. The van der Waals surface area contributed by atoms with Gasteiger partial charge in [0.1, 0.15) is 6.61 Å². The summed E-state index contributed by atoms with van der Waals surface area (Å²) in [5.41, 5.74) is 7.28. The molecule has 128 valence electrons. The summed E-state index contributed by atoms with van der Waals surface area (Å²) in [6, 6.07) is -0.414. The molecule has 0 aromatic heterocycles. The number of nitrogens with two attached hydrogens (primary N) is 1. The van der Waals surface area contributed by atoms with Crippen molar-refractivity contribution < 1.29 is 19.3 Å². The Morgan fingerprint density at radius 2 is 2.05 bits per heavy atom. The molecule has 1 amide bonds. The summed E-state index contributed by atoms with van der Waals surface area (Å²) in [5.74, 6) is -0.0963. The van der Waals surface area contributed by atoms with Crippen LogP contribution in [-0.4, -0.2) is 43.4 Å². The highest BCUT2D eigenvalue weighted by Crippen LogP contribution is 2.23. The van der Waals surface area contributed by atoms with Gasteiger partial charge in [0.2, 0.25) is 5.91 Å². The fraction of sp³-hybridized carbons (Fsp3) is 0.812. The average molecular weight is 314 g/mol. The van der Waals surface area contributed by atoms with E-state index in [-0.39, 0.29) is 30.2 Å². The van der Waals surface area contributed by atoms with Crippen LogP contribution in [0.5, 0.6) is 0 Å². The molecule has 1 aliphatic carbocycles. The molecule has 0 saturated carbocycles. The summed E-state index contributed by atoms with van der Waals surface area (Å²) in [7, 11) is 0. The Bertz CT molecular complexity index is 369. The fourth-order valence-corrected chi connectivity index (χ4v) is 2.64. The molecular weight excluding hydrogens is 284 g/mol. The topological polar surface area (TPSA) is 82.8 Å². The van der Waals surface area contributed by atoms with Gasteiger partial charge in [0.05, 0.1) is 24.9 Å². The van der Waals surface area contributed by atoms with Crippen LogP contribution in [0.1, 0.15) is 47.0 Å². The van der Waals surface area contributed by atoms with Gasteiger partial charge in [-0.3, -0.25) is 4.79 Å². The largest absolute Gasteiger partial charge is 0.369 e. The van der Waals surface area contributed by atoms with Crippen molar-refractivity contribution in [1.29, 1.82) is 0 Å². The molecule has 3 atom stereocenters. The lowest BCUT2D eigenvalue weighted by molar-refractivity contribution is -0.285. The Hall–Kier alpha value is -0.950. The van der Waals surface area contributed by atoms with Gasteiger partial charge < -0.3 is 15.8 Å². The predicted molar refractivity (Wildman–Crippen MR) is 85.1 cm³/mol. The van der Waals surface area contributed by atoms with Crippen LogP contribution in [0.3, 0.4) is 0 Å². The molecule has 1 aliphatic rings. The van der Waals surface area contributed by atoms with E-state index in [0.29, 0.717) is 19.6 Å². The van der Waals surface area contributed by atoms with E-state index in [4.69, 9.17) is 20.2 Å². The highest BCUT2D eigenvalue weighted by Gasteiger charge is 2.33. The zero-order valence-electron chi connectivity index (χ0n) is 14.1. The lowest BCUT2D eigenvalue weighted by Gasteiger charge is -2.37. The number of nitrogens with one attached hydrogen (secondary N) is 1. The Labute approximate surface area is 133 Å². The zero-order chi connectivity index (χ0) is 16.5. The number of hydrogen-bond donors (Lipinski definition) is 2.